The molecule has 8 nitrogen and oxygen atoms in total. The van der Waals surface area contributed by atoms with Crippen LogP contribution >= 0.6 is 10.5 Å². The molecule has 2 amide bonds. The molecule has 9 heteroatoms. The van der Waals surface area contributed by atoms with Crippen LogP contribution in [0, 0.1) is 6.92 Å². The molecule has 30 heavy (non-hydrogen) atoms. The number of pyridine rings is 2. The summed E-state index contributed by atoms with van der Waals surface area (Å²) in [5.74, 6) is 1.06. The molecule has 1 aromatic carbocycles. The summed E-state index contributed by atoms with van der Waals surface area (Å²) < 4.78 is 5.76. The van der Waals surface area contributed by atoms with Crippen molar-refractivity contribution in [2.75, 3.05) is 10.2 Å². The highest BCUT2D eigenvalue weighted by Gasteiger charge is 2.34. The van der Waals surface area contributed by atoms with Gasteiger partial charge in [-0.25, -0.2) is 14.8 Å². The van der Waals surface area contributed by atoms with Gasteiger partial charge in [0.05, 0.1) is 21.8 Å². The number of aryl methyl sites for hydroxylation is 1. The van der Waals surface area contributed by atoms with E-state index >= 15 is 0 Å². The Labute approximate surface area is 173 Å². The van der Waals surface area contributed by atoms with Gasteiger partial charge in [0.25, 0.3) is 4.83 Å². The molecule has 5 rings (SSSR count). The predicted molar refractivity (Wildman–Crippen MR) is 112 cm³/mol. The van der Waals surface area contributed by atoms with E-state index in [9.17, 15) is 14.7 Å². The second kappa shape index (κ2) is 6.82. The number of nitrogens with one attached hydrogen (secondary N) is 1. The largest absolute Gasteiger partial charge is 0.500 e. The lowest BCUT2D eigenvalue weighted by atomic mass is 10.1. The van der Waals surface area contributed by atoms with Gasteiger partial charge < -0.3 is 20.0 Å². The number of carbonyl (C=O) groups excluding carboxylic acids is 2. The Bertz CT molecular complexity index is 1320. The van der Waals surface area contributed by atoms with Crippen molar-refractivity contribution in [3.63, 3.8) is 0 Å². The molecule has 148 valence electrons. The first-order valence-corrected chi connectivity index (χ1v) is 10.3. The van der Waals surface area contributed by atoms with Crippen LogP contribution in [0.15, 0.2) is 60.1 Å². The minimum absolute atomic E-state index is 0.385. The summed E-state index contributed by atoms with van der Waals surface area (Å²) in [4.78, 5) is 34.6. The Kier molecular flexibility index (Phi) is 4.11. The van der Waals surface area contributed by atoms with Crippen molar-refractivity contribution < 1.29 is 19.4 Å². The minimum Gasteiger partial charge on any atom is -0.500 e. The van der Waals surface area contributed by atoms with Crippen molar-refractivity contribution in [1.82, 2.24) is 9.97 Å². The molecule has 1 aliphatic rings. The van der Waals surface area contributed by atoms with Gasteiger partial charge in [0.2, 0.25) is 5.88 Å². The van der Waals surface area contributed by atoms with E-state index in [2.05, 4.69) is 15.3 Å². The summed E-state index contributed by atoms with van der Waals surface area (Å²) in [6.07, 6.45) is 1.50. The molecule has 3 aromatic heterocycles. The maximum Gasteiger partial charge on any atom is 0.331 e. The smallest absolute Gasteiger partial charge is 0.331 e. The normalized spacial score (nSPS) is 13.3. The molecule has 0 saturated carbocycles. The van der Waals surface area contributed by atoms with Gasteiger partial charge in [0, 0.05) is 18.0 Å². The fourth-order valence-corrected chi connectivity index (χ4v) is 4.77. The van der Waals surface area contributed by atoms with Gasteiger partial charge in [-0.1, -0.05) is 6.07 Å². The van der Waals surface area contributed by atoms with Crippen LogP contribution in [0.1, 0.15) is 5.69 Å². The lowest BCUT2D eigenvalue weighted by molar-refractivity contribution is -0.233. The molecule has 0 aliphatic carbocycles. The van der Waals surface area contributed by atoms with E-state index in [0.29, 0.717) is 38.9 Å². The third-order valence-electron chi connectivity index (χ3n) is 4.65. The van der Waals surface area contributed by atoms with Crippen molar-refractivity contribution in [2.24, 2.45) is 0 Å². The van der Waals surface area contributed by atoms with Gasteiger partial charge >= 0.3 is 11.3 Å². The zero-order valence-corrected chi connectivity index (χ0v) is 16.5. The molecule has 0 radical (unpaired) electrons. The summed E-state index contributed by atoms with van der Waals surface area (Å²) in [6, 6.07) is 13.8. The fraction of sp³-hybridized carbons (Fsp3) is 0.0476. The number of carbonyl (C=O) groups is 2. The molecule has 4 aromatic rings. The molecule has 0 bridgehead atoms. The van der Waals surface area contributed by atoms with Crippen LogP contribution in [0.3, 0.4) is 0 Å². The van der Waals surface area contributed by atoms with E-state index in [4.69, 9.17) is 4.74 Å². The lowest BCUT2D eigenvalue weighted by Gasteiger charge is -2.27. The number of hydrogen-bond acceptors (Lipinski definition) is 6. The highest BCUT2D eigenvalue weighted by Crippen LogP contribution is 2.46. The molecular weight excluding hydrogens is 404 g/mol. The summed E-state index contributed by atoms with van der Waals surface area (Å²) >= 11 is 0. The van der Waals surface area contributed by atoms with Crippen molar-refractivity contribution >= 4 is 49.1 Å². The number of ether oxygens (including phenoxy) is 1. The Morgan fingerprint density at radius 3 is 2.70 bits per heavy atom. The summed E-state index contributed by atoms with van der Waals surface area (Å²) in [5, 5.41) is 15.1. The van der Waals surface area contributed by atoms with Crippen molar-refractivity contribution in [3.05, 3.63) is 65.8 Å². The van der Waals surface area contributed by atoms with Gasteiger partial charge in [-0.05, 0) is 43.3 Å². The molecular formula is C21H14N4O4S. The van der Waals surface area contributed by atoms with Gasteiger partial charge in [-0.2, -0.15) is 0 Å². The molecule has 1 atom stereocenters. The Morgan fingerprint density at radius 1 is 1.17 bits per heavy atom. The first kappa shape index (κ1) is 18.1. The summed E-state index contributed by atoms with van der Waals surface area (Å²) in [5.41, 5.74) is 2.47. The zero-order chi connectivity index (χ0) is 20.8. The highest BCUT2D eigenvalue weighted by atomic mass is 32.2. The third-order valence-corrected chi connectivity index (χ3v) is 6.21. The van der Waals surface area contributed by atoms with Crippen LogP contribution < -0.4 is 20.1 Å². The zero-order valence-electron chi connectivity index (χ0n) is 15.7. The van der Waals surface area contributed by atoms with Crippen molar-refractivity contribution in [2.45, 2.75) is 6.92 Å². The number of aromatic nitrogens is 2. The topological polar surface area (TPSA) is 107 Å². The van der Waals surface area contributed by atoms with Crippen LogP contribution in [-0.2, 0) is 0 Å². The highest BCUT2D eigenvalue weighted by molar-refractivity contribution is 7.54. The Morgan fingerprint density at radius 2 is 1.97 bits per heavy atom. The van der Waals surface area contributed by atoms with Crippen LogP contribution in [0.4, 0.5) is 26.7 Å². The predicted octanol–water partition coefficient (Wildman–Crippen LogP) is 4.35. The van der Waals surface area contributed by atoms with Gasteiger partial charge in [-0.15, -0.1) is 0 Å². The van der Waals surface area contributed by atoms with Crippen LogP contribution in [0.2, 0.25) is 0 Å². The third kappa shape index (κ3) is 2.92. The maximum absolute atomic E-state index is 12.8. The number of anilines is 3. The van der Waals surface area contributed by atoms with E-state index in [1.165, 1.54) is 16.5 Å². The molecule has 0 spiro atoms. The molecule has 0 saturated heterocycles. The van der Waals surface area contributed by atoms with E-state index in [1.807, 2.05) is 19.1 Å². The van der Waals surface area contributed by atoms with E-state index in [1.54, 1.807) is 36.4 Å². The van der Waals surface area contributed by atoms with Crippen LogP contribution in [0.5, 0.6) is 11.6 Å². The van der Waals surface area contributed by atoms with Gasteiger partial charge in [0.1, 0.15) is 16.8 Å². The number of urea groups is 1. The average molecular weight is 418 g/mol. The minimum atomic E-state index is -1.30. The number of carboxylic acid groups (broad SMARTS) is 1. The lowest BCUT2D eigenvalue weighted by Crippen LogP contribution is -2.33. The summed E-state index contributed by atoms with van der Waals surface area (Å²) in [7, 11) is -1.30. The van der Waals surface area contributed by atoms with Crippen LogP contribution in [-0.4, -0.2) is 21.3 Å². The standard InChI is InChI=1S/C21H14N4O4S/c1-12-3-2-4-17(23-12)29-14-7-5-13(6-8-14)25-16-9-10-22-19-18(16)15(24-20(25)26)11-30(19)21(27)28/h2-11H,1H3,(H-,24,26,27,28). The van der Waals surface area contributed by atoms with Gasteiger partial charge in [-0.3, -0.25) is 4.90 Å². The summed E-state index contributed by atoms with van der Waals surface area (Å²) in [6.45, 7) is 1.88. The molecule has 1 aliphatic heterocycles. The van der Waals surface area contributed by atoms with E-state index < -0.39 is 15.8 Å². The average Bonchev–Trinajstić information content (AvgIpc) is 3.09. The maximum atomic E-state index is 12.8. The van der Waals surface area contributed by atoms with Gasteiger partial charge in [0.15, 0.2) is 5.38 Å². The molecule has 1 unspecified atom stereocenters. The van der Waals surface area contributed by atoms with Crippen molar-refractivity contribution in [3.8, 4) is 11.6 Å². The van der Waals surface area contributed by atoms with Crippen molar-refractivity contribution in [1.29, 1.82) is 0 Å². The van der Waals surface area contributed by atoms with E-state index in [0.717, 1.165) is 5.69 Å². The quantitative estimate of drug-likeness (QED) is 0.494. The number of thiophene rings is 1. The molecule has 1 N–H and O–H groups in total. The van der Waals surface area contributed by atoms with Crippen LogP contribution in [0.25, 0.3) is 10.2 Å². The van der Waals surface area contributed by atoms with E-state index in [-0.39, 0.29) is 6.03 Å². The Balaban J connectivity index is 1.52. The second-order valence-electron chi connectivity index (χ2n) is 6.61. The fourth-order valence-electron chi connectivity index (χ4n) is 3.39. The first-order chi connectivity index (χ1) is 14.5. The number of rotatable bonds is 4. The Hall–Kier alpha value is -3.98. The first-order valence-electron chi connectivity index (χ1n) is 8.99. The number of benzene rings is 1. The number of nitrogens with zero attached hydrogens (tertiary/aromatic N) is 3. The number of amides is 2. The monoisotopic (exact) mass is 418 g/mol. The SMILES string of the molecule is Cc1cccc(Oc2ccc(N3C(=O)Nc4c[s+](C(=O)[O-])c5nccc3c45)cc2)n1. The molecule has 0 fully saturated rings. The second-order valence-corrected chi connectivity index (χ2v) is 8.24. The number of hydrogen-bond donors (Lipinski definition) is 1. The molecule has 4 heterocycles.